The van der Waals surface area contributed by atoms with Gasteiger partial charge >= 0.3 is 0 Å². The van der Waals surface area contributed by atoms with E-state index in [1.54, 1.807) is 6.33 Å². The Balaban J connectivity index is 2.31. The number of halogens is 1. The highest BCUT2D eigenvalue weighted by Gasteiger charge is 2.31. The van der Waals surface area contributed by atoms with Crippen molar-refractivity contribution in [1.29, 1.82) is 0 Å². The molecule has 1 heterocycles. The SMILES string of the molecule is CCC(CBr)(Cc1ncnn1CC(C)C)c1ccccc1. The molecule has 0 aliphatic heterocycles. The van der Waals surface area contributed by atoms with E-state index >= 15 is 0 Å². The maximum atomic E-state index is 4.51. The maximum Gasteiger partial charge on any atom is 0.138 e. The minimum Gasteiger partial charge on any atom is -0.250 e. The van der Waals surface area contributed by atoms with Gasteiger partial charge in [-0.1, -0.05) is 67.0 Å². The molecule has 4 heteroatoms. The van der Waals surface area contributed by atoms with Crippen LogP contribution in [0, 0.1) is 5.92 Å². The van der Waals surface area contributed by atoms with Crippen molar-refractivity contribution in [2.75, 3.05) is 5.33 Å². The van der Waals surface area contributed by atoms with Gasteiger partial charge in [-0.15, -0.1) is 0 Å². The molecule has 0 N–H and O–H groups in total. The quantitative estimate of drug-likeness (QED) is 0.700. The van der Waals surface area contributed by atoms with Gasteiger partial charge in [-0.2, -0.15) is 5.10 Å². The van der Waals surface area contributed by atoms with Gasteiger partial charge in [0.25, 0.3) is 0 Å². The van der Waals surface area contributed by atoms with E-state index in [0.29, 0.717) is 5.92 Å². The summed E-state index contributed by atoms with van der Waals surface area (Å²) in [6, 6.07) is 10.7. The Kier molecular flexibility index (Phi) is 5.57. The molecular weight excluding hydrogens is 326 g/mol. The van der Waals surface area contributed by atoms with E-state index in [2.05, 4.69) is 81.8 Å². The van der Waals surface area contributed by atoms with Gasteiger partial charge in [0.1, 0.15) is 12.2 Å². The summed E-state index contributed by atoms with van der Waals surface area (Å²) in [7, 11) is 0. The molecule has 0 fully saturated rings. The van der Waals surface area contributed by atoms with Crippen LogP contribution < -0.4 is 0 Å². The molecule has 1 unspecified atom stereocenters. The molecule has 21 heavy (non-hydrogen) atoms. The van der Waals surface area contributed by atoms with Crippen LogP contribution in [-0.2, 0) is 18.4 Å². The lowest BCUT2D eigenvalue weighted by atomic mass is 9.77. The molecule has 2 rings (SSSR count). The molecule has 1 aromatic carbocycles. The number of hydrogen-bond donors (Lipinski definition) is 0. The molecule has 0 amide bonds. The molecule has 2 aromatic rings. The summed E-state index contributed by atoms with van der Waals surface area (Å²) in [5.41, 5.74) is 1.44. The molecular formula is C17H24BrN3. The van der Waals surface area contributed by atoms with Gasteiger partial charge < -0.3 is 0 Å². The largest absolute Gasteiger partial charge is 0.250 e. The van der Waals surface area contributed by atoms with E-state index < -0.39 is 0 Å². The average molecular weight is 350 g/mol. The van der Waals surface area contributed by atoms with Crippen LogP contribution in [0.15, 0.2) is 36.7 Å². The Morgan fingerprint density at radius 3 is 2.52 bits per heavy atom. The number of aromatic nitrogens is 3. The standard InChI is InChI=1S/C17H24BrN3/c1-4-17(12-18,15-8-6-5-7-9-15)10-16-19-13-20-21(16)11-14(2)3/h5-9,13-14H,4,10-12H2,1-3H3. The zero-order valence-electron chi connectivity index (χ0n) is 13.1. The second kappa shape index (κ2) is 7.21. The third-order valence-electron chi connectivity index (χ3n) is 4.05. The molecule has 0 spiro atoms. The zero-order valence-corrected chi connectivity index (χ0v) is 14.7. The summed E-state index contributed by atoms with van der Waals surface area (Å²) in [5.74, 6) is 1.65. The fourth-order valence-electron chi connectivity index (χ4n) is 2.67. The highest BCUT2D eigenvalue weighted by Crippen LogP contribution is 2.33. The first-order valence-corrected chi connectivity index (χ1v) is 8.71. The van der Waals surface area contributed by atoms with Crippen LogP contribution in [0.4, 0.5) is 0 Å². The summed E-state index contributed by atoms with van der Waals surface area (Å²) in [6.45, 7) is 7.59. The molecule has 0 aliphatic carbocycles. The summed E-state index contributed by atoms with van der Waals surface area (Å²) >= 11 is 3.73. The van der Waals surface area contributed by atoms with Crippen molar-refractivity contribution >= 4 is 15.9 Å². The van der Waals surface area contributed by atoms with Crippen LogP contribution in [0.2, 0.25) is 0 Å². The molecule has 0 saturated carbocycles. The van der Waals surface area contributed by atoms with Crippen LogP contribution >= 0.6 is 15.9 Å². The molecule has 0 saturated heterocycles. The monoisotopic (exact) mass is 349 g/mol. The molecule has 0 bridgehead atoms. The Hall–Kier alpha value is -1.16. The molecule has 0 aliphatic rings. The van der Waals surface area contributed by atoms with Crippen molar-refractivity contribution in [3.05, 3.63) is 48.0 Å². The maximum absolute atomic E-state index is 4.51. The third kappa shape index (κ3) is 3.73. The van der Waals surface area contributed by atoms with Crippen LogP contribution in [-0.4, -0.2) is 20.1 Å². The minimum atomic E-state index is 0.0724. The Morgan fingerprint density at radius 2 is 1.95 bits per heavy atom. The van der Waals surface area contributed by atoms with Gasteiger partial charge in [0.15, 0.2) is 0 Å². The van der Waals surface area contributed by atoms with Crippen LogP contribution in [0.25, 0.3) is 0 Å². The highest BCUT2D eigenvalue weighted by molar-refractivity contribution is 9.09. The number of hydrogen-bond acceptors (Lipinski definition) is 2. The summed E-state index contributed by atoms with van der Waals surface area (Å²) < 4.78 is 2.06. The number of nitrogens with zero attached hydrogens (tertiary/aromatic N) is 3. The number of alkyl halides is 1. The summed E-state index contributed by atoms with van der Waals surface area (Å²) in [5, 5.41) is 5.32. The predicted molar refractivity (Wildman–Crippen MR) is 90.8 cm³/mol. The first-order chi connectivity index (χ1) is 10.1. The van der Waals surface area contributed by atoms with E-state index in [4.69, 9.17) is 0 Å². The van der Waals surface area contributed by atoms with E-state index in [1.165, 1.54) is 5.56 Å². The Morgan fingerprint density at radius 1 is 1.24 bits per heavy atom. The molecule has 3 nitrogen and oxygen atoms in total. The van der Waals surface area contributed by atoms with Crippen molar-refractivity contribution in [2.24, 2.45) is 5.92 Å². The highest BCUT2D eigenvalue weighted by atomic mass is 79.9. The molecule has 1 aromatic heterocycles. The van der Waals surface area contributed by atoms with E-state index in [9.17, 15) is 0 Å². The van der Waals surface area contributed by atoms with E-state index in [-0.39, 0.29) is 5.41 Å². The normalized spacial score (nSPS) is 14.3. The second-order valence-corrected chi connectivity index (χ2v) is 6.62. The molecule has 1 atom stereocenters. The lowest BCUT2D eigenvalue weighted by Crippen LogP contribution is -2.32. The van der Waals surface area contributed by atoms with E-state index in [1.807, 2.05) is 0 Å². The van der Waals surface area contributed by atoms with Crippen LogP contribution in [0.3, 0.4) is 0 Å². The van der Waals surface area contributed by atoms with Crippen molar-refractivity contribution in [3.63, 3.8) is 0 Å². The van der Waals surface area contributed by atoms with Crippen molar-refractivity contribution < 1.29 is 0 Å². The minimum absolute atomic E-state index is 0.0724. The average Bonchev–Trinajstić information content (AvgIpc) is 2.92. The lowest BCUT2D eigenvalue weighted by Gasteiger charge is -2.31. The zero-order chi connectivity index (χ0) is 15.3. The van der Waals surface area contributed by atoms with Gasteiger partial charge in [0.2, 0.25) is 0 Å². The summed E-state index contributed by atoms with van der Waals surface area (Å²) in [6.07, 6.45) is 3.65. The third-order valence-corrected chi connectivity index (χ3v) is 5.12. The fraction of sp³-hybridized carbons (Fsp3) is 0.529. The first kappa shape index (κ1) is 16.2. The first-order valence-electron chi connectivity index (χ1n) is 7.59. The van der Waals surface area contributed by atoms with Gasteiger partial charge in [-0.25, -0.2) is 9.67 Å². The topological polar surface area (TPSA) is 30.7 Å². The summed E-state index contributed by atoms with van der Waals surface area (Å²) in [4.78, 5) is 4.51. The molecule has 0 radical (unpaired) electrons. The van der Waals surface area contributed by atoms with Crippen LogP contribution in [0.5, 0.6) is 0 Å². The number of benzene rings is 1. The van der Waals surface area contributed by atoms with Crippen molar-refractivity contribution in [1.82, 2.24) is 14.8 Å². The van der Waals surface area contributed by atoms with Gasteiger partial charge in [-0.05, 0) is 17.9 Å². The predicted octanol–water partition coefficient (Wildman–Crippen LogP) is 4.22. The Labute approximate surface area is 135 Å². The van der Waals surface area contributed by atoms with Gasteiger partial charge in [0.05, 0.1) is 0 Å². The number of rotatable bonds is 7. The van der Waals surface area contributed by atoms with Crippen molar-refractivity contribution in [3.8, 4) is 0 Å². The van der Waals surface area contributed by atoms with Crippen molar-refractivity contribution in [2.45, 2.75) is 45.6 Å². The fourth-order valence-corrected chi connectivity index (χ4v) is 3.59. The second-order valence-electron chi connectivity index (χ2n) is 6.06. The smallest absolute Gasteiger partial charge is 0.138 e. The van der Waals surface area contributed by atoms with Crippen LogP contribution in [0.1, 0.15) is 38.6 Å². The van der Waals surface area contributed by atoms with Gasteiger partial charge in [0, 0.05) is 23.7 Å². The lowest BCUT2D eigenvalue weighted by molar-refractivity contribution is 0.411. The molecule has 114 valence electrons. The van der Waals surface area contributed by atoms with E-state index in [0.717, 1.165) is 30.5 Å². The Bertz CT molecular complexity index is 544. The van der Waals surface area contributed by atoms with Gasteiger partial charge in [-0.3, -0.25) is 0 Å².